The Morgan fingerprint density at radius 2 is 1.60 bits per heavy atom. The van der Waals surface area contributed by atoms with Gasteiger partial charge in [0.25, 0.3) is 0 Å². The van der Waals surface area contributed by atoms with E-state index in [9.17, 15) is 5.11 Å². The van der Waals surface area contributed by atoms with Gasteiger partial charge >= 0.3 is 0 Å². The summed E-state index contributed by atoms with van der Waals surface area (Å²) < 4.78 is 18.0. The Morgan fingerprint density at radius 1 is 0.884 bits per heavy atom. The van der Waals surface area contributed by atoms with Crippen molar-refractivity contribution in [2.75, 3.05) is 58.8 Å². The average molecular weight is 585 g/mol. The number of hydrogen-bond acceptors (Lipinski definition) is 8. The Kier molecular flexibility index (Phi) is 9.70. The van der Waals surface area contributed by atoms with Crippen molar-refractivity contribution in [3.05, 3.63) is 78.5 Å². The number of hydrogen-bond donors (Lipinski definition) is 2. The number of likely N-dealkylation sites (N-methyl/N-ethyl adjacent to an activating group) is 1. The van der Waals surface area contributed by atoms with E-state index in [1.165, 1.54) is 5.56 Å². The Bertz CT molecular complexity index is 1490. The minimum absolute atomic E-state index is 0.125. The van der Waals surface area contributed by atoms with Gasteiger partial charge in [0.05, 0.1) is 12.6 Å². The number of rotatable bonds is 10. The molecular formula is C35H44N4O4. The van der Waals surface area contributed by atoms with Gasteiger partial charge < -0.3 is 29.5 Å². The Labute approximate surface area is 255 Å². The molecule has 0 saturated carbocycles. The molecule has 1 aliphatic rings. The van der Waals surface area contributed by atoms with Crippen LogP contribution in [0, 0.1) is 0 Å². The van der Waals surface area contributed by atoms with E-state index in [-0.39, 0.29) is 12.0 Å². The summed E-state index contributed by atoms with van der Waals surface area (Å²) in [6.07, 6.45) is 2.22. The molecule has 3 aromatic carbocycles. The Balaban J connectivity index is 1.23. The van der Waals surface area contributed by atoms with Crippen LogP contribution in [0.3, 0.4) is 0 Å². The molecule has 1 aliphatic heterocycles. The molecule has 8 nitrogen and oxygen atoms in total. The normalized spacial score (nSPS) is 15.6. The van der Waals surface area contributed by atoms with E-state index in [1.807, 2.05) is 42.5 Å². The van der Waals surface area contributed by atoms with Gasteiger partial charge in [-0.15, -0.1) is 0 Å². The molecule has 228 valence electrons. The first-order chi connectivity index (χ1) is 20.7. The van der Waals surface area contributed by atoms with E-state index >= 15 is 0 Å². The van der Waals surface area contributed by atoms with Crippen LogP contribution in [0.1, 0.15) is 32.8 Å². The standard InChI is InChI=1S/C35H44N4O4/c1-35(2,3)25-7-9-26(10-8-25)37-27-11-13-29(14-12-27)43-32-15-16-36-31-22-34(33(41-5)21-30(31)32)42-24-28(40)23-39-18-6-17-38(4)19-20-39/h7-16,21-22,28,37,40H,6,17-20,23-24H2,1-5H3. The maximum Gasteiger partial charge on any atom is 0.163 e. The second-order valence-corrected chi connectivity index (χ2v) is 12.3. The van der Waals surface area contributed by atoms with Crippen LogP contribution in [-0.4, -0.2) is 79.5 Å². The molecule has 0 radical (unpaired) electrons. The number of anilines is 2. The van der Waals surface area contributed by atoms with Crippen molar-refractivity contribution in [1.82, 2.24) is 14.8 Å². The molecule has 1 unspecified atom stereocenters. The third kappa shape index (κ3) is 8.16. The van der Waals surface area contributed by atoms with E-state index in [2.05, 4.69) is 72.2 Å². The van der Waals surface area contributed by atoms with Crippen molar-refractivity contribution >= 4 is 22.3 Å². The van der Waals surface area contributed by atoms with Gasteiger partial charge in [-0.3, -0.25) is 9.88 Å². The number of pyridine rings is 1. The highest BCUT2D eigenvalue weighted by atomic mass is 16.5. The SMILES string of the molecule is COc1cc2c(Oc3ccc(Nc4ccc(C(C)(C)C)cc4)cc3)ccnc2cc1OCC(O)CN1CCCN(C)CC1. The van der Waals surface area contributed by atoms with Gasteiger partial charge in [0.15, 0.2) is 11.5 Å². The zero-order valence-electron chi connectivity index (χ0n) is 26.0. The first-order valence-electron chi connectivity index (χ1n) is 15.0. The minimum atomic E-state index is -0.605. The molecule has 2 N–H and O–H groups in total. The molecule has 0 bridgehead atoms. The quantitative estimate of drug-likeness (QED) is 0.220. The van der Waals surface area contributed by atoms with Crippen LogP contribution in [-0.2, 0) is 5.41 Å². The topological polar surface area (TPSA) is 79.3 Å². The van der Waals surface area contributed by atoms with Crippen molar-refractivity contribution < 1.29 is 19.3 Å². The predicted octanol–water partition coefficient (Wildman–Crippen LogP) is 6.45. The molecule has 2 heterocycles. The second kappa shape index (κ2) is 13.6. The zero-order valence-corrected chi connectivity index (χ0v) is 26.0. The lowest BCUT2D eigenvalue weighted by Crippen LogP contribution is -2.37. The summed E-state index contributed by atoms with van der Waals surface area (Å²) in [5.74, 6) is 2.48. The van der Waals surface area contributed by atoms with Gasteiger partial charge in [0.1, 0.15) is 24.2 Å². The lowest BCUT2D eigenvalue weighted by Gasteiger charge is -2.23. The smallest absolute Gasteiger partial charge is 0.163 e. The summed E-state index contributed by atoms with van der Waals surface area (Å²) in [7, 11) is 3.75. The van der Waals surface area contributed by atoms with E-state index in [1.54, 1.807) is 13.3 Å². The molecule has 0 amide bonds. The molecule has 1 atom stereocenters. The molecule has 0 aliphatic carbocycles. The number of benzene rings is 3. The maximum atomic E-state index is 10.7. The molecule has 1 aromatic heterocycles. The fourth-order valence-corrected chi connectivity index (χ4v) is 5.26. The summed E-state index contributed by atoms with van der Waals surface area (Å²) in [6.45, 7) is 11.4. The van der Waals surface area contributed by atoms with Crippen LogP contribution >= 0.6 is 0 Å². The third-order valence-corrected chi connectivity index (χ3v) is 7.82. The molecule has 8 heteroatoms. The largest absolute Gasteiger partial charge is 0.493 e. The Morgan fingerprint density at radius 3 is 2.30 bits per heavy atom. The van der Waals surface area contributed by atoms with Gasteiger partial charge in [-0.25, -0.2) is 0 Å². The minimum Gasteiger partial charge on any atom is -0.493 e. The van der Waals surface area contributed by atoms with Gasteiger partial charge in [-0.05, 0) is 86.1 Å². The van der Waals surface area contributed by atoms with Crippen LogP contribution in [0.25, 0.3) is 10.9 Å². The van der Waals surface area contributed by atoms with Crippen LogP contribution < -0.4 is 19.5 Å². The molecule has 5 rings (SSSR count). The van der Waals surface area contributed by atoms with Crippen molar-refractivity contribution in [1.29, 1.82) is 0 Å². The fraction of sp³-hybridized carbons (Fsp3) is 0.400. The van der Waals surface area contributed by atoms with Crippen LogP contribution in [0.4, 0.5) is 11.4 Å². The number of β-amino-alcohol motifs (C(OH)–C–C–N with tert-alkyl or cyclic N) is 1. The molecule has 1 saturated heterocycles. The average Bonchev–Trinajstić information content (AvgIpc) is 3.20. The number of methoxy groups -OCH3 is 1. The third-order valence-electron chi connectivity index (χ3n) is 7.82. The fourth-order valence-electron chi connectivity index (χ4n) is 5.26. The highest BCUT2D eigenvalue weighted by molar-refractivity contribution is 5.88. The molecular weight excluding hydrogens is 540 g/mol. The van der Waals surface area contributed by atoms with Crippen molar-refractivity contribution in [3.8, 4) is 23.0 Å². The number of nitrogens with zero attached hydrogens (tertiary/aromatic N) is 3. The summed E-state index contributed by atoms with van der Waals surface area (Å²) in [6, 6.07) is 22.0. The number of aliphatic hydroxyl groups is 1. The molecule has 4 aromatic rings. The highest BCUT2D eigenvalue weighted by Crippen LogP contribution is 2.37. The van der Waals surface area contributed by atoms with Gasteiger partial charge in [0.2, 0.25) is 0 Å². The van der Waals surface area contributed by atoms with Gasteiger partial charge in [0, 0.05) is 48.7 Å². The lowest BCUT2D eigenvalue weighted by molar-refractivity contribution is 0.0686. The molecule has 1 fully saturated rings. The number of aromatic nitrogens is 1. The monoisotopic (exact) mass is 584 g/mol. The van der Waals surface area contributed by atoms with Gasteiger partial charge in [-0.2, -0.15) is 0 Å². The van der Waals surface area contributed by atoms with Crippen LogP contribution in [0.2, 0.25) is 0 Å². The van der Waals surface area contributed by atoms with E-state index in [4.69, 9.17) is 14.2 Å². The predicted molar refractivity (Wildman–Crippen MR) is 173 cm³/mol. The maximum absolute atomic E-state index is 10.7. The summed E-state index contributed by atoms with van der Waals surface area (Å²) >= 11 is 0. The summed E-state index contributed by atoms with van der Waals surface area (Å²) in [4.78, 5) is 9.17. The van der Waals surface area contributed by atoms with Crippen LogP contribution in [0.15, 0.2) is 72.9 Å². The molecule has 0 spiro atoms. The lowest BCUT2D eigenvalue weighted by atomic mass is 9.87. The second-order valence-electron chi connectivity index (χ2n) is 12.3. The van der Waals surface area contributed by atoms with E-state index < -0.39 is 6.10 Å². The number of fused-ring (bicyclic) bond motifs is 1. The van der Waals surface area contributed by atoms with E-state index in [0.717, 1.165) is 54.9 Å². The van der Waals surface area contributed by atoms with Crippen molar-refractivity contribution in [2.24, 2.45) is 0 Å². The summed E-state index contributed by atoms with van der Waals surface area (Å²) in [5, 5.41) is 14.9. The number of nitrogens with one attached hydrogen (secondary N) is 1. The van der Waals surface area contributed by atoms with Gasteiger partial charge in [-0.1, -0.05) is 32.9 Å². The van der Waals surface area contributed by atoms with Crippen molar-refractivity contribution in [3.63, 3.8) is 0 Å². The molecule has 43 heavy (non-hydrogen) atoms. The van der Waals surface area contributed by atoms with Crippen LogP contribution in [0.5, 0.6) is 23.0 Å². The van der Waals surface area contributed by atoms with Crippen molar-refractivity contribution in [2.45, 2.75) is 38.7 Å². The summed E-state index contributed by atoms with van der Waals surface area (Å²) in [5.41, 5.74) is 4.16. The zero-order chi connectivity index (χ0) is 30.4. The number of ether oxygens (including phenoxy) is 3. The first-order valence-corrected chi connectivity index (χ1v) is 15.0. The first kappa shape index (κ1) is 30.6. The Hall–Kier alpha value is -3.85. The van der Waals surface area contributed by atoms with E-state index in [0.29, 0.717) is 29.5 Å². The number of aliphatic hydroxyl groups excluding tert-OH is 1. The highest BCUT2D eigenvalue weighted by Gasteiger charge is 2.18.